The summed E-state index contributed by atoms with van der Waals surface area (Å²) in [5.74, 6) is -3.53. The lowest BCUT2D eigenvalue weighted by molar-refractivity contribution is -0.201. The molecule has 0 rings (SSSR count). The highest BCUT2D eigenvalue weighted by Gasteiger charge is 2.42. The first-order valence-corrected chi connectivity index (χ1v) is 8.29. The molecule has 11 heteroatoms. The molecule has 0 aromatic carbocycles. The van der Waals surface area contributed by atoms with Gasteiger partial charge in [-0.15, -0.1) is 0 Å². The van der Waals surface area contributed by atoms with Gasteiger partial charge in [0.05, 0.1) is 0 Å². The number of carbonyl (C=O) groups is 5. The third kappa shape index (κ3) is 10.5. The zero-order valence-corrected chi connectivity index (χ0v) is 16.7. The lowest BCUT2D eigenvalue weighted by Crippen LogP contribution is -2.53. The second-order valence-electron chi connectivity index (χ2n) is 5.68. The Balaban J connectivity index is 5.86. The van der Waals surface area contributed by atoms with Crippen LogP contribution in [-0.2, 0) is 52.4 Å². The molecule has 0 saturated carbocycles. The first kappa shape index (κ1) is 25.3. The zero-order valence-electron chi connectivity index (χ0n) is 16.7. The van der Waals surface area contributed by atoms with Gasteiger partial charge in [-0.3, -0.25) is 24.0 Å². The lowest BCUT2D eigenvalue weighted by atomic mass is 10.0. The molecular formula is C17H26O11. The molecule has 0 heterocycles. The van der Waals surface area contributed by atoms with Gasteiger partial charge in [0.2, 0.25) is 0 Å². The van der Waals surface area contributed by atoms with Crippen molar-refractivity contribution in [3.63, 3.8) is 0 Å². The van der Waals surface area contributed by atoms with Crippen molar-refractivity contribution in [2.75, 3.05) is 20.3 Å². The van der Waals surface area contributed by atoms with Crippen molar-refractivity contribution >= 4 is 29.8 Å². The molecule has 0 aromatic rings. The normalized spacial score (nSPS) is 14.6. The van der Waals surface area contributed by atoms with Gasteiger partial charge in [-0.05, 0) is 0 Å². The van der Waals surface area contributed by atoms with Gasteiger partial charge in [-0.25, -0.2) is 0 Å². The van der Waals surface area contributed by atoms with E-state index in [9.17, 15) is 24.0 Å². The first-order valence-electron chi connectivity index (χ1n) is 8.29. The second kappa shape index (κ2) is 12.7. The largest absolute Gasteiger partial charge is 0.462 e. The molecule has 0 aliphatic heterocycles. The first-order chi connectivity index (χ1) is 13.0. The maximum Gasteiger partial charge on any atom is 0.303 e. The third-order valence-electron chi connectivity index (χ3n) is 3.17. The van der Waals surface area contributed by atoms with Crippen LogP contribution in [0.5, 0.6) is 0 Å². The molecule has 0 aliphatic rings. The maximum atomic E-state index is 11.6. The monoisotopic (exact) mass is 406 g/mol. The molecule has 160 valence electrons. The Morgan fingerprint density at radius 2 is 0.929 bits per heavy atom. The standard InChI is InChI=1S/C17H26O11/c1-9(18)24-7-14(26-11(3)20)16(23-6)17(28-13(5)22)15(27-12(4)21)8-25-10(2)19/h14-17H,7-8H2,1-6H3. The zero-order chi connectivity index (χ0) is 21.9. The van der Waals surface area contributed by atoms with Crippen LogP contribution in [0, 0.1) is 0 Å². The number of hydrogen-bond acceptors (Lipinski definition) is 11. The fraction of sp³-hybridized carbons (Fsp3) is 0.706. The van der Waals surface area contributed by atoms with Crippen LogP contribution >= 0.6 is 0 Å². The molecular weight excluding hydrogens is 380 g/mol. The Bertz CT molecular complexity index is 571. The van der Waals surface area contributed by atoms with Crippen molar-refractivity contribution in [1.82, 2.24) is 0 Å². The number of hydrogen-bond donors (Lipinski definition) is 0. The van der Waals surface area contributed by atoms with Gasteiger partial charge in [0.15, 0.2) is 18.3 Å². The van der Waals surface area contributed by atoms with Crippen LogP contribution < -0.4 is 0 Å². The van der Waals surface area contributed by atoms with Crippen molar-refractivity contribution in [1.29, 1.82) is 0 Å². The Morgan fingerprint density at radius 3 is 1.21 bits per heavy atom. The minimum absolute atomic E-state index is 0.411. The smallest absolute Gasteiger partial charge is 0.303 e. The van der Waals surface area contributed by atoms with Gasteiger partial charge in [0.1, 0.15) is 19.3 Å². The number of methoxy groups -OCH3 is 1. The van der Waals surface area contributed by atoms with Crippen molar-refractivity contribution < 1.29 is 52.4 Å². The number of ether oxygens (including phenoxy) is 6. The van der Waals surface area contributed by atoms with Crippen LogP contribution in [0.4, 0.5) is 0 Å². The topological polar surface area (TPSA) is 141 Å². The summed E-state index contributed by atoms with van der Waals surface area (Å²) in [4.78, 5) is 56.8. The van der Waals surface area contributed by atoms with E-state index in [0.29, 0.717) is 0 Å². The van der Waals surface area contributed by atoms with E-state index >= 15 is 0 Å². The van der Waals surface area contributed by atoms with Gasteiger partial charge >= 0.3 is 29.8 Å². The minimum Gasteiger partial charge on any atom is -0.462 e. The van der Waals surface area contributed by atoms with E-state index in [1.165, 1.54) is 7.11 Å². The van der Waals surface area contributed by atoms with Crippen molar-refractivity contribution in [2.24, 2.45) is 0 Å². The molecule has 0 aliphatic carbocycles. The molecule has 0 amide bonds. The predicted octanol–water partition coefficient (Wildman–Crippen LogP) is -0.0773. The molecule has 4 atom stereocenters. The minimum atomic E-state index is -1.34. The van der Waals surface area contributed by atoms with Crippen LogP contribution in [0.3, 0.4) is 0 Å². The Kier molecular flexibility index (Phi) is 11.4. The van der Waals surface area contributed by atoms with Gasteiger partial charge in [0.25, 0.3) is 0 Å². The average molecular weight is 406 g/mol. The van der Waals surface area contributed by atoms with Gasteiger partial charge in [-0.1, -0.05) is 0 Å². The van der Waals surface area contributed by atoms with Crippen molar-refractivity contribution in [2.45, 2.75) is 59.0 Å². The number of esters is 5. The van der Waals surface area contributed by atoms with Crippen LogP contribution in [0.25, 0.3) is 0 Å². The highest BCUT2D eigenvalue weighted by atomic mass is 16.6. The van der Waals surface area contributed by atoms with E-state index in [1.54, 1.807) is 0 Å². The summed E-state index contributed by atoms with van der Waals surface area (Å²) in [6.07, 6.45) is -5.03. The highest BCUT2D eigenvalue weighted by molar-refractivity contribution is 5.68. The highest BCUT2D eigenvalue weighted by Crippen LogP contribution is 2.19. The molecule has 0 bridgehead atoms. The molecule has 0 spiro atoms. The number of rotatable bonds is 11. The predicted molar refractivity (Wildman–Crippen MR) is 90.7 cm³/mol. The number of carbonyl (C=O) groups excluding carboxylic acids is 5. The van der Waals surface area contributed by atoms with Gasteiger partial charge in [-0.2, -0.15) is 0 Å². The Hall–Kier alpha value is -2.69. The van der Waals surface area contributed by atoms with Crippen LogP contribution in [-0.4, -0.2) is 74.6 Å². The maximum absolute atomic E-state index is 11.6. The molecule has 0 radical (unpaired) electrons. The van der Waals surface area contributed by atoms with E-state index < -0.39 is 67.5 Å². The molecule has 0 N–H and O–H groups in total. The summed E-state index contributed by atoms with van der Waals surface area (Å²) in [7, 11) is 1.22. The van der Waals surface area contributed by atoms with E-state index in [0.717, 1.165) is 34.6 Å². The molecule has 0 saturated heterocycles. The molecule has 0 fully saturated rings. The third-order valence-corrected chi connectivity index (χ3v) is 3.17. The summed E-state index contributed by atoms with van der Waals surface area (Å²) < 4.78 is 30.5. The van der Waals surface area contributed by atoms with Gasteiger partial charge in [0, 0.05) is 41.7 Å². The SMILES string of the molecule is COC(C(COC(C)=O)OC(C)=O)C(OC(C)=O)C(COC(C)=O)OC(C)=O. The Labute approximate surface area is 162 Å². The summed E-state index contributed by atoms with van der Waals surface area (Å²) in [6, 6.07) is 0. The van der Waals surface area contributed by atoms with E-state index in [1.807, 2.05) is 0 Å². The van der Waals surface area contributed by atoms with Crippen molar-refractivity contribution in [3.8, 4) is 0 Å². The van der Waals surface area contributed by atoms with Crippen LogP contribution in [0.15, 0.2) is 0 Å². The van der Waals surface area contributed by atoms with Crippen LogP contribution in [0.1, 0.15) is 34.6 Å². The van der Waals surface area contributed by atoms with Crippen LogP contribution in [0.2, 0.25) is 0 Å². The summed E-state index contributed by atoms with van der Waals surface area (Å²) in [6.45, 7) is 4.76. The molecule has 11 nitrogen and oxygen atoms in total. The fourth-order valence-corrected chi connectivity index (χ4v) is 2.26. The quantitative estimate of drug-likeness (QED) is 0.336. The second-order valence-corrected chi connectivity index (χ2v) is 5.68. The van der Waals surface area contributed by atoms with E-state index in [-0.39, 0.29) is 0 Å². The summed E-state index contributed by atoms with van der Waals surface area (Å²) in [5.41, 5.74) is 0. The fourth-order valence-electron chi connectivity index (χ4n) is 2.26. The van der Waals surface area contributed by atoms with E-state index in [2.05, 4.69) is 0 Å². The molecule has 4 unspecified atom stereocenters. The van der Waals surface area contributed by atoms with Crippen molar-refractivity contribution in [3.05, 3.63) is 0 Å². The summed E-state index contributed by atoms with van der Waals surface area (Å²) >= 11 is 0. The average Bonchev–Trinajstić information content (AvgIpc) is 2.54. The molecule has 28 heavy (non-hydrogen) atoms. The summed E-state index contributed by atoms with van der Waals surface area (Å²) in [5, 5.41) is 0. The lowest BCUT2D eigenvalue weighted by Gasteiger charge is -2.34. The van der Waals surface area contributed by atoms with E-state index in [4.69, 9.17) is 28.4 Å². The van der Waals surface area contributed by atoms with Gasteiger partial charge < -0.3 is 28.4 Å². The molecule has 0 aromatic heterocycles. The Morgan fingerprint density at radius 1 is 0.571 bits per heavy atom.